The fourth-order valence-electron chi connectivity index (χ4n) is 4.45. The van der Waals surface area contributed by atoms with Crippen molar-refractivity contribution in [1.29, 1.82) is 0 Å². The molecule has 1 aromatic carbocycles. The van der Waals surface area contributed by atoms with Crippen LogP contribution in [0.1, 0.15) is 22.3 Å². The summed E-state index contributed by atoms with van der Waals surface area (Å²) in [5.74, 6) is 1.02. The van der Waals surface area contributed by atoms with Gasteiger partial charge in [0.05, 0.1) is 5.56 Å². The van der Waals surface area contributed by atoms with E-state index in [0.29, 0.717) is 11.6 Å². The molecule has 0 saturated carbocycles. The van der Waals surface area contributed by atoms with Crippen molar-refractivity contribution < 1.29 is 4.79 Å². The normalized spacial score (nSPS) is 21.9. The van der Waals surface area contributed by atoms with Gasteiger partial charge in [-0.05, 0) is 36.6 Å². The molecular weight excluding hydrogens is 336 g/mol. The Kier molecular flexibility index (Phi) is 4.17. The van der Waals surface area contributed by atoms with E-state index in [0.717, 1.165) is 50.6 Å². The van der Waals surface area contributed by atoms with Crippen molar-refractivity contribution in [3.63, 3.8) is 0 Å². The second-order valence-corrected chi connectivity index (χ2v) is 7.55. The van der Waals surface area contributed by atoms with Crippen LogP contribution in [-0.2, 0) is 6.42 Å². The molecule has 1 atom stereocenters. The van der Waals surface area contributed by atoms with E-state index in [1.807, 2.05) is 35.2 Å². The molecule has 1 aromatic heterocycles. The Morgan fingerprint density at radius 1 is 1.04 bits per heavy atom. The predicted octanol–water partition coefficient (Wildman–Crippen LogP) is 2.74. The van der Waals surface area contributed by atoms with Gasteiger partial charge in [0.15, 0.2) is 0 Å². The first-order valence-electron chi connectivity index (χ1n) is 9.79. The maximum absolute atomic E-state index is 12.9. The second-order valence-electron chi connectivity index (χ2n) is 7.55. The Morgan fingerprint density at radius 3 is 2.70 bits per heavy atom. The summed E-state index contributed by atoms with van der Waals surface area (Å²) in [5, 5.41) is 0. The molecule has 0 spiro atoms. The summed E-state index contributed by atoms with van der Waals surface area (Å²) in [6, 6.07) is 12.7. The van der Waals surface area contributed by atoms with Gasteiger partial charge in [0.1, 0.15) is 5.82 Å². The fourth-order valence-corrected chi connectivity index (χ4v) is 4.45. The van der Waals surface area contributed by atoms with Gasteiger partial charge < -0.3 is 9.80 Å². The van der Waals surface area contributed by atoms with E-state index in [9.17, 15) is 4.79 Å². The quantitative estimate of drug-likeness (QED) is 0.789. The van der Waals surface area contributed by atoms with E-state index in [1.165, 1.54) is 12.0 Å². The lowest BCUT2D eigenvalue weighted by atomic mass is 10.2. The Hall–Kier alpha value is -2.66. The fraction of sp³-hybridized carbons (Fsp3) is 0.364. The number of benzene rings is 1. The number of nitrogens with zero attached hydrogens (tertiary/aromatic N) is 4. The van der Waals surface area contributed by atoms with Crippen molar-refractivity contribution in [1.82, 2.24) is 9.88 Å². The SMILES string of the molecule is O=C(c1ccc(N2CCC(N3CC=CC3)C2)nc1)N1CCc2ccccc21. The van der Waals surface area contributed by atoms with Crippen LogP contribution in [0.25, 0.3) is 0 Å². The third-order valence-corrected chi connectivity index (χ3v) is 5.98. The monoisotopic (exact) mass is 360 g/mol. The molecule has 5 nitrogen and oxygen atoms in total. The van der Waals surface area contributed by atoms with E-state index in [1.54, 1.807) is 6.20 Å². The van der Waals surface area contributed by atoms with Crippen LogP contribution in [-0.4, -0.2) is 54.6 Å². The van der Waals surface area contributed by atoms with E-state index < -0.39 is 0 Å². The lowest BCUT2D eigenvalue weighted by Crippen LogP contribution is -2.35. The Labute approximate surface area is 159 Å². The van der Waals surface area contributed by atoms with Gasteiger partial charge in [-0.25, -0.2) is 4.98 Å². The van der Waals surface area contributed by atoms with Gasteiger partial charge in [0, 0.05) is 50.6 Å². The molecule has 27 heavy (non-hydrogen) atoms. The van der Waals surface area contributed by atoms with Crippen LogP contribution in [0.2, 0.25) is 0 Å². The Morgan fingerprint density at radius 2 is 1.89 bits per heavy atom. The first-order valence-corrected chi connectivity index (χ1v) is 9.79. The number of para-hydroxylation sites is 1. The van der Waals surface area contributed by atoms with Gasteiger partial charge in [-0.15, -0.1) is 0 Å². The summed E-state index contributed by atoms with van der Waals surface area (Å²) in [7, 11) is 0. The van der Waals surface area contributed by atoms with Crippen LogP contribution in [0.5, 0.6) is 0 Å². The van der Waals surface area contributed by atoms with Gasteiger partial charge in [0.25, 0.3) is 5.91 Å². The number of pyridine rings is 1. The number of carbonyl (C=O) groups is 1. The minimum absolute atomic E-state index is 0.0430. The van der Waals surface area contributed by atoms with Crippen LogP contribution in [0, 0.1) is 0 Å². The van der Waals surface area contributed by atoms with Crippen LogP contribution in [0.4, 0.5) is 11.5 Å². The summed E-state index contributed by atoms with van der Waals surface area (Å²) in [4.78, 5) is 24.3. The number of carbonyl (C=O) groups excluding carboxylic acids is 1. The smallest absolute Gasteiger partial charge is 0.259 e. The number of rotatable bonds is 3. The molecule has 0 bridgehead atoms. The highest BCUT2D eigenvalue weighted by Crippen LogP contribution is 2.29. The minimum atomic E-state index is 0.0430. The molecule has 1 fully saturated rings. The van der Waals surface area contributed by atoms with Crippen LogP contribution in [0.3, 0.4) is 0 Å². The van der Waals surface area contributed by atoms with E-state index >= 15 is 0 Å². The zero-order valence-electron chi connectivity index (χ0n) is 15.4. The summed E-state index contributed by atoms with van der Waals surface area (Å²) < 4.78 is 0. The Bertz CT molecular complexity index is 868. The number of hydrogen-bond donors (Lipinski definition) is 0. The summed E-state index contributed by atoms with van der Waals surface area (Å²) in [5.41, 5.74) is 2.94. The lowest BCUT2D eigenvalue weighted by Gasteiger charge is -2.24. The minimum Gasteiger partial charge on any atom is -0.355 e. The number of aromatic nitrogens is 1. The zero-order valence-corrected chi connectivity index (χ0v) is 15.4. The van der Waals surface area contributed by atoms with Crippen molar-refractivity contribution in [3.05, 3.63) is 65.9 Å². The van der Waals surface area contributed by atoms with Crippen molar-refractivity contribution in [3.8, 4) is 0 Å². The largest absolute Gasteiger partial charge is 0.355 e. The average Bonchev–Trinajstić information content (AvgIpc) is 3.47. The van der Waals surface area contributed by atoms with Gasteiger partial charge in [-0.2, -0.15) is 0 Å². The van der Waals surface area contributed by atoms with Crippen molar-refractivity contribution in [2.75, 3.05) is 42.5 Å². The van der Waals surface area contributed by atoms with Crippen LogP contribution >= 0.6 is 0 Å². The molecule has 0 N–H and O–H groups in total. The predicted molar refractivity (Wildman–Crippen MR) is 107 cm³/mol. The average molecular weight is 360 g/mol. The molecule has 1 amide bonds. The molecule has 5 rings (SSSR count). The lowest BCUT2D eigenvalue weighted by molar-refractivity contribution is 0.0989. The van der Waals surface area contributed by atoms with Crippen molar-refractivity contribution in [2.45, 2.75) is 18.9 Å². The van der Waals surface area contributed by atoms with Gasteiger partial charge in [-0.3, -0.25) is 9.69 Å². The van der Waals surface area contributed by atoms with E-state index in [4.69, 9.17) is 0 Å². The standard InChI is InChI=1S/C22H24N4O/c27-22(26-14-9-17-5-1-2-6-20(17)26)18-7-8-21(23-15-18)25-13-10-19(16-25)24-11-3-4-12-24/h1-8,15,19H,9-14,16H2. The zero-order chi connectivity index (χ0) is 18.2. The van der Waals surface area contributed by atoms with Crippen LogP contribution in [0.15, 0.2) is 54.7 Å². The topological polar surface area (TPSA) is 39.7 Å². The van der Waals surface area contributed by atoms with Gasteiger partial charge in [-0.1, -0.05) is 30.4 Å². The number of anilines is 2. The third kappa shape index (κ3) is 3.02. The molecule has 3 aliphatic rings. The molecular formula is C22H24N4O. The van der Waals surface area contributed by atoms with Crippen molar-refractivity contribution >= 4 is 17.4 Å². The maximum atomic E-state index is 12.9. The summed E-state index contributed by atoms with van der Waals surface area (Å²) in [6.45, 7) is 4.92. The van der Waals surface area contributed by atoms with Crippen LogP contribution < -0.4 is 9.80 Å². The number of fused-ring (bicyclic) bond motifs is 1. The summed E-state index contributed by atoms with van der Waals surface area (Å²) in [6.07, 6.45) is 8.33. The maximum Gasteiger partial charge on any atom is 0.259 e. The molecule has 2 aromatic rings. The second kappa shape index (κ2) is 6.82. The molecule has 138 valence electrons. The molecule has 1 unspecified atom stereocenters. The first kappa shape index (κ1) is 16.5. The van der Waals surface area contributed by atoms with Crippen molar-refractivity contribution in [2.24, 2.45) is 0 Å². The number of hydrogen-bond acceptors (Lipinski definition) is 4. The van der Waals surface area contributed by atoms with Gasteiger partial charge >= 0.3 is 0 Å². The van der Waals surface area contributed by atoms with Gasteiger partial charge in [0.2, 0.25) is 0 Å². The van der Waals surface area contributed by atoms with E-state index in [-0.39, 0.29) is 5.91 Å². The highest BCUT2D eigenvalue weighted by molar-refractivity contribution is 6.07. The molecule has 0 radical (unpaired) electrons. The molecule has 0 aliphatic carbocycles. The number of amides is 1. The highest BCUT2D eigenvalue weighted by atomic mass is 16.2. The third-order valence-electron chi connectivity index (χ3n) is 5.98. The molecule has 5 heteroatoms. The first-order chi connectivity index (χ1) is 13.3. The van der Waals surface area contributed by atoms with E-state index in [2.05, 4.69) is 33.0 Å². The molecule has 3 aliphatic heterocycles. The highest BCUT2D eigenvalue weighted by Gasteiger charge is 2.29. The molecule has 4 heterocycles. The Balaban J connectivity index is 1.28. The molecule has 1 saturated heterocycles. The summed E-state index contributed by atoms with van der Waals surface area (Å²) >= 11 is 0.